The molecule has 7 rings (SSSR count). The lowest BCUT2D eigenvalue weighted by Crippen LogP contribution is -2.14. The molecule has 0 radical (unpaired) electrons. The SMILES string of the molecule is CC1(C)c2ccccc2-c2c1ccc1c3cc(-c4ncncn4)ccc3n(-c3ccccc3)c21. The van der Waals surface area contributed by atoms with Gasteiger partial charge in [-0.2, -0.15) is 0 Å². The van der Waals surface area contributed by atoms with E-state index in [1.54, 1.807) is 12.7 Å². The number of fused-ring (bicyclic) bond motifs is 7. The highest BCUT2D eigenvalue weighted by molar-refractivity contribution is 6.16. The van der Waals surface area contributed by atoms with E-state index < -0.39 is 0 Å². The standard InChI is InChI=1S/C30H22N4/c1-30(2)24-11-7-6-10-22(24)27-25(30)14-13-21-23-16-19(29-32-17-31-18-33-29)12-15-26(23)34(28(21)27)20-8-4-3-5-9-20/h3-18H,1-2H3. The Balaban J connectivity index is 1.66. The molecular formula is C30H22N4. The molecule has 0 aliphatic heterocycles. The van der Waals surface area contributed by atoms with Crippen molar-refractivity contribution < 1.29 is 0 Å². The molecule has 0 N–H and O–H groups in total. The lowest BCUT2D eigenvalue weighted by atomic mass is 9.82. The van der Waals surface area contributed by atoms with Gasteiger partial charge < -0.3 is 4.57 Å². The summed E-state index contributed by atoms with van der Waals surface area (Å²) in [6.07, 6.45) is 3.09. The monoisotopic (exact) mass is 438 g/mol. The number of nitrogens with zero attached hydrogens (tertiary/aromatic N) is 4. The Kier molecular flexibility index (Phi) is 3.86. The predicted octanol–water partition coefficient (Wildman–Crippen LogP) is 6.94. The van der Waals surface area contributed by atoms with E-state index in [0.717, 1.165) is 11.3 Å². The molecule has 0 spiro atoms. The van der Waals surface area contributed by atoms with Crippen LogP contribution in [0.25, 0.3) is 50.0 Å². The first-order chi connectivity index (χ1) is 16.6. The largest absolute Gasteiger partial charge is 0.309 e. The summed E-state index contributed by atoms with van der Waals surface area (Å²) < 4.78 is 2.42. The topological polar surface area (TPSA) is 43.6 Å². The number of rotatable bonds is 2. The molecule has 1 aliphatic rings. The quantitative estimate of drug-likeness (QED) is 0.294. The van der Waals surface area contributed by atoms with E-state index in [0.29, 0.717) is 5.82 Å². The molecule has 0 saturated heterocycles. The van der Waals surface area contributed by atoms with Gasteiger partial charge in [0.25, 0.3) is 0 Å². The molecule has 0 bridgehead atoms. The lowest BCUT2D eigenvalue weighted by Gasteiger charge is -2.21. The minimum atomic E-state index is -0.0475. The van der Waals surface area contributed by atoms with Crippen molar-refractivity contribution in [2.24, 2.45) is 0 Å². The van der Waals surface area contributed by atoms with E-state index >= 15 is 0 Å². The van der Waals surface area contributed by atoms with Crippen LogP contribution in [0.1, 0.15) is 25.0 Å². The van der Waals surface area contributed by atoms with Crippen LogP contribution in [0.2, 0.25) is 0 Å². The molecule has 6 aromatic rings. The molecule has 162 valence electrons. The van der Waals surface area contributed by atoms with Gasteiger partial charge in [-0.3, -0.25) is 0 Å². The molecule has 1 aliphatic carbocycles. The van der Waals surface area contributed by atoms with Gasteiger partial charge in [0, 0.05) is 33.0 Å². The smallest absolute Gasteiger partial charge is 0.162 e. The first kappa shape index (κ1) is 19.2. The Morgan fingerprint density at radius 3 is 2.29 bits per heavy atom. The molecule has 2 aromatic heterocycles. The molecular weight excluding hydrogens is 416 g/mol. The molecule has 0 fully saturated rings. The maximum Gasteiger partial charge on any atom is 0.162 e. The molecule has 2 heterocycles. The van der Waals surface area contributed by atoms with E-state index in [1.807, 2.05) is 0 Å². The van der Waals surface area contributed by atoms with Gasteiger partial charge in [0.05, 0.1) is 11.0 Å². The van der Waals surface area contributed by atoms with Crippen molar-refractivity contribution >= 4 is 21.8 Å². The summed E-state index contributed by atoms with van der Waals surface area (Å²) >= 11 is 0. The van der Waals surface area contributed by atoms with Crippen LogP contribution in [-0.2, 0) is 5.41 Å². The second kappa shape index (κ2) is 6.84. The minimum absolute atomic E-state index is 0.0475. The second-order valence-corrected chi connectivity index (χ2v) is 9.42. The van der Waals surface area contributed by atoms with E-state index in [1.165, 1.54) is 44.1 Å². The molecule has 4 nitrogen and oxygen atoms in total. The summed E-state index contributed by atoms with van der Waals surface area (Å²) in [5.41, 5.74) is 9.94. The van der Waals surface area contributed by atoms with Gasteiger partial charge in [-0.1, -0.05) is 68.4 Å². The van der Waals surface area contributed by atoms with E-state index in [4.69, 9.17) is 0 Å². The van der Waals surface area contributed by atoms with Gasteiger partial charge in [0.1, 0.15) is 12.7 Å². The molecule has 4 heteroatoms. The molecule has 0 atom stereocenters. The molecule has 0 amide bonds. The van der Waals surface area contributed by atoms with Gasteiger partial charge in [-0.05, 0) is 47.0 Å². The zero-order chi connectivity index (χ0) is 22.9. The summed E-state index contributed by atoms with van der Waals surface area (Å²) in [6, 6.07) is 30.6. The summed E-state index contributed by atoms with van der Waals surface area (Å²) in [5.74, 6) is 0.685. The van der Waals surface area contributed by atoms with Crippen LogP contribution in [0, 0.1) is 0 Å². The molecule has 4 aromatic carbocycles. The normalized spacial score (nSPS) is 13.8. The minimum Gasteiger partial charge on any atom is -0.309 e. The van der Waals surface area contributed by atoms with Crippen LogP contribution in [-0.4, -0.2) is 19.5 Å². The van der Waals surface area contributed by atoms with Crippen molar-refractivity contribution in [2.75, 3.05) is 0 Å². The fourth-order valence-corrected chi connectivity index (χ4v) is 5.67. The van der Waals surface area contributed by atoms with E-state index in [9.17, 15) is 0 Å². The number of aromatic nitrogens is 4. The second-order valence-electron chi connectivity index (χ2n) is 9.42. The maximum atomic E-state index is 4.38. The van der Waals surface area contributed by atoms with Crippen molar-refractivity contribution in [3.8, 4) is 28.2 Å². The average molecular weight is 439 g/mol. The Bertz CT molecular complexity index is 1710. The van der Waals surface area contributed by atoms with Crippen LogP contribution >= 0.6 is 0 Å². The highest BCUT2D eigenvalue weighted by Gasteiger charge is 2.37. The molecule has 0 saturated carbocycles. The fraction of sp³-hybridized carbons (Fsp3) is 0.100. The summed E-state index contributed by atoms with van der Waals surface area (Å²) in [7, 11) is 0. The van der Waals surface area contributed by atoms with Gasteiger partial charge in [0.2, 0.25) is 0 Å². The third-order valence-electron chi connectivity index (χ3n) is 7.24. The van der Waals surface area contributed by atoms with Crippen LogP contribution in [0.15, 0.2) is 97.6 Å². The first-order valence-electron chi connectivity index (χ1n) is 11.5. The fourth-order valence-electron chi connectivity index (χ4n) is 5.67. The van der Waals surface area contributed by atoms with Crippen molar-refractivity contribution in [2.45, 2.75) is 19.3 Å². The summed E-state index contributed by atoms with van der Waals surface area (Å²) in [6.45, 7) is 4.66. The third kappa shape index (κ3) is 2.51. The molecule has 0 unspecified atom stereocenters. The summed E-state index contributed by atoms with van der Waals surface area (Å²) in [4.78, 5) is 12.7. The van der Waals surface area contributed by atoms with Gasteiger partial charge in [-0.15, -0.1) is 0 Å². The number of hydrogen-bond donors (Lipinski definition) is 0. The Morgan fingerprint density at radius 1 is 0.706 bits per heavy atom. The van der Waals surface area contributed by atoms with Crippen LogP contribution in [0.5, 0.6) is 0 Å². The third-order valence-corrected chi connectivity index (χ3v) is 7.24. The number of benzene rings is 4. The first-order valence-corrected chi connectivity index (χ1v) is 11.5. The van der Waals surface area contributed by atoms with Crippen LogP contribution < -0.4 is 0 Å². The van der Waals surface area contributed by atoms with Gasteiger partial charge in [-0.25, -0.2) is 15.0 Å². The van der Waals surface area contributed by atoms with Gasteiger partial charge in [0.15, 0.2) is 5.82 Å². The van der Waals surface area contributed by atoms with Crippen molar-refractivity contribution in [1.82, 2.24) is 19.5 Å². The zero-order valence-corrected chi connectivity index (χ0v) is 19.0. The number of para-hydroxylation sites is 1. The Hall–Kier alpha value is -4.31. The van der Waals surface area contributed by atoms with Crippen molar-refractivity contribution in [3.63, 3.8) is 0 Å². The van der Waals surface area contributed by atoms with Crippen LogP contribution in [0.3, 0.4) is 0 Å². The highest BCUT2D eigenvalue weighted by atomic mass is 15.0. The zero-order valence-electron chi connectivity index (χ0n) is 19.0. The van der Waals surface area contributed by atoms with Crippen LogP contribution in [0.4, 0.5) is 0 Å². The van der Waals surface area contributed by atoms with E-state index in [2.05, 4.69) is 118 Å². The Morgan fingerprint density at radius 2 is 1.47 bits per heavy atom. The number of hydrogen-bond acceptors (Lipinski definition) is 3. The van der Waals surface area contributed by atoms with Gasteiger partial charge >= 0.3 is 0 Å². The Labute approximate surface area is 197 Å². The van der Waals surface area contributed by atoms with Crippen molar-refractivity contribution in [3.05, 3.63) is 109 Å². The summed E-state index contributed by atoms with van der Waals surface area (Å²) in [5, 5.41) is 2.43. The molecule has 34 heavy (non-hydrogen) atoms. The lowest BCUT2D eigenvalue weighted by molar-refractivity contribution is 0.661. The predicted molar refractivity (Wildman–Crippen MR) is 137 cm³/mol. The van der Waals surface area contributed by atoms with E-state index in [-0.39, 0.29) is 5.41 Å². The highest BCUT2D eigenvalue weighted by Crippen LogP contribution is 2.52. The van der Waals surface area contributed by atoms with Crippen molar-refractivity contribution in [1.29, 1.82) is 0 Å². The maximum absolute atomic E-state index is 4.38. The average Bonchev–Trinajstić information content (AvgIpc) is 3.34.